The van der Waals surface area contributed by atoms with Crippen LogP contribution in [0.25, 0.3) is 0 Å². The van der Waals surface area contributed by atoms with Crippen molar-refractivity contribution in [3.63, 3.8) is 0 Å². The Bertz CT molecular complexity index is 1080. The van der Waals surface area contributed by atoms with Crippen LogP contribution in [0.2, 0.25) is 0 Å². The molecule has 0 radical (unpaired) electrons. The first-order chi connectivity index (χ1) is 14.1. The third-order valence-electron chi connectivity index (χ3n) is 5.17. The molecule has 1 aliphatic rings. The Morgan fingerprint density at radius 2 is 1.86 bits per heavy atom. The number of pyridine rings is 2. The number of hydrogen-bond acceptors (Lipinski definition) is 6. The standard InChI is InChI=1S/C23H23N3O3/c1-14-8-19-20(24-11-14)7-5-15-12-25-22(10-18(15)23(19)27)26-13-16-4-6-17(28-2)9-21(16)29-3/h4,6,8-12H,5,7,13H2,1-3H3,(H,25,26). The fourth-order valence-corrected chi connectivity index (χ4v) is 3.57. The molecular weight excluding hydrogens is 366 g/mol. The lowest BCUT2D eigenvalue weighted by molar-refractivity contribution is 0.103. The second-order valence-corrected chi connectivity index (χ2v) is 7.09. The fourth-order valence-electron chi connectivity index (χ4n) is 3.57. The summed E-state index contributed by atoms with van der Waals surface area (Å²) < 4.78 is 10.7. The van der Waals surface area contributed by atoms with Gasteiger partial charge in [-0.3, -0.25) is 9.78 Å². The van der Waals surface area contributed by atoms with Crippen molar-refractivity contribution in [3.05, 3.63) is 76.2 Å². The molecule has 0 saturated heterocycles. The molecule has 4 rings (SSSR count). The Morgan fingerprint density at radius 1 is 1.00 bits per heavy atom. The number of nitrogens with one attached hydrogen (secondary N) is 1. The van der Waals surface area contributed by atoms with Crippen molar-refractivity contribution in [3.8, 4) is 11.5 Å². The summed E-state index contributed by atoms with van der Waals surface area (Å²) in [6, 6.07) is 9.45. The predicted octanol–water partition coefficient (Wildman–Crippen LogP) is 3.74. The molecule has 0 spiro atoms. The van der Waals surface area contributed by atoms with E-state index in [9.17, 15) is 4.79 Å². The summed E-state index contributed by atoms with van der Waals surface area (Å²) in [4.78, 5) is 22.1. The van der Waals surface area contributed by atoms with Gasteiger partial charge in [-0.15, -0.1) is 0 Å². The van der Waals surface area contributed by atoms with E-state index in [0.29, 0.717) is 23.5 Å². The molecule has 0 fully saturated rings. The molecule has 1 aliphatic carbocycles. The highest BCUT2D eigenvalue weighted by Gasteiger charge is 2.23. The van der Waals surface area contributed by atoms with E-state index in [-0.39, 0.29) is 5.78 Å². The number of hydrogen-bond donors (Lipinski definition) is 1. The van der Waals surface area contributed by atoms with Crippen LogP contribution in [-0.4, -0.2) is 30.0 Å². The second-order valence-electron chi connectivity index (χ2n) is 7.09. The second kappa shape index (κ2) is 7.91. The molecule has 2 aromatic heterocycles. The average molecular weight is 389 g/mol. The molecule has 0 aliphatic heterocycles. The summed E-state index contributed by atoms with van der Waals surface area (Å²) in [5, 5.41) is 3.30. The molecule has 148 valence electrons. The van der Waals surface area contributed by atoms with Gasteiger partial charge >= 0.3 is 0 Å². The van der Waals surface area contributed by atoms with E-state index in [4.69, 9.17) is 9.47 Å². The number of benzene rings is 1. The van der Waals surface area contributed by atoms with Crippen molar-refractivity contribution in [2.24, 2.45) is 0 Å². The third-order valence-corrected chi connectivity index (χ3v) is 5.17. The lowest BCUT2D eigenvalue weighted by Gasteiger charge is -2.13. The molecule has 0 amide bonds. The number of rotatable bonds is 5. The maximum Gasteiger partial charge on any atom is 0.195 e. The fraction of sp³-hybridized carbons (Fsp3) is 0.261. The number of nitrogens with zero attached hydrogens (tertiary/aromatic N) is 2. The lowest BCUT2D eigenvalue weighted by Crippen LogP contribution is -2.09. The van der Waals surface area contributed by atoms with Gasteiger partial charge in [-0.05, 0) is 55.2 Å². The zero-order chi connectivity index (χ0) is 20.4. The Balaban J connectivity index is 1.59. The number of aryl methyl sites for hydroxylation is 3. The minimum atomic E-state index is 0.0104. The smallest absolute Gasteiger partial charge is 0.195 e. The number of carbonyl (C=O) groups excluding carboxylic acids is 1. The SMILES string of the molecule is COc1ccc(CNc2cc3c(cn2)CCc2ncc(C)cc2C3=O)c(OC)c1. The Hall–Kier alpha value is -3.41. The highest BCUT2D eigenvalue weighted by Crippen LogP contribution is 2.27. The van der Waals surface area contributed by atoms with E-state index in [1.807, 2.05) is 43.5 Å². The third kappa shape index (κ3) is 3.78. The minimum Gasteiger partial charge on any atom is -0.497 e. The zero-order valence-electron chi connectivity index (χ0n) is 16.8. The van der Waals surface area contributed by atoms with Gasteiger partial charge < -0.3 is 14.8 Å². The summed E-state index contributed by atoms with van der Waals surface area (Å²) in [6.45, 7) is 2.47. The molecule has 0 unspecified atom stereocenters. The molecule has 1 aromatic carbocycles. The Kier molecular flexibility index (Phi) is 5.16. The van der Waals surface area contributed by atoms with E-state index < -0.39 is 0 Å². The van der Waals surface area contributed by atoms with Crippen molar-refractivity contribution in [1.82, 2.24) is 9.97 Å². The van der Waals surface area contributed by atoms with Gasteiger partial charge in [0.1, 0.15) is 17.3 Å². The molecular formula is C23H23N3O3. The van der Waals surface area contributed by atoms with Crippen LogP contribution in [0.1, 0.15) is 38.3 Å². The average Bonchev–Trinajstić information content (AvgIpc) is 2.88. The van der Waals surface area contributed by atoms with Gasteiger partial charge in [0.2, 0.25) is 0 Å². The molecule has 0 saturated carbocycles. The van der Waals surface area contributed by atoms with Gasteiger partial charge in [-0.1, -0.05) is 0 Å². The number of aromatic nitrogens is 2. The van der Waals surface area contributed by atoms with Crippen molar-refractivity contribution < 1.29 is 14.3 Å². The van der Waals surface area contributed by atoms with E-state index >= 15 is 0 Å². The van der Waals surface area contributed by atoms with Crippen LogP contribution in [-0.2, 0) is 19.4 Å². The van der Waals surface area contributed by atoms with E-state index in [0.717, 1.165) is 46.7 Å². The monoisotopic (exact) mass is 389 g/mol. The number of ketones is 1. The molecule has 6 heteroatoms. The van der Waals surface area contributed by atoms with Crippen molar-refractivity contribution in [1.29, 1.82) is 0 Å². The molecule has 0 atom stereocenters. The van der Waals surface area contributed by atoms with Crippen LogP contribution in [0.3, 0.4) is 0 Å². The Morgan fingerprint density at radius 3 is 2.66 bits per heavy atom. The van der Waals surface area contributed by atoms with Gasteiger partial charge in [0, 0.05) is 41.7 Å². The quantitative estimate of drug-likeness (QED) is 0.717. The van der Waals surface area contributed by atoms with E-state index in [2.05, 4.69) is 15.3 Å². The number of carbonyl (C=O) groups is 1. The number of fused-ring (bicyclic) bond motifs is 2. The molecule has 3 aromatic rings. The van der Waals surface area contributed by atoms with Crippen LogP contribution in [0.15, 0.2) is 42.7 Å². The highest BCUT2D eigenvalue weighted by atomic mass is 16.5. The van der Waals surface area contributed by atoms with Crippen LogP contribution < -0.4 is 14.8 Å². The van der Waals surface area contributed by atoms with Crippen molar-refractivity contribution in [2.45, 2.75) is 26.3 Å². The molecule has 29 heavy (non-hydrogen) atoms. The van der Waals surface area contributed by atoms with Crippen LogP contribution in [0, 0.1) is 6.92 Å². The van der Waals surface area contributed by atoms with Crippen molar-refractivity contribution >= 4 is 11.6 Å². The molecule has 2 heterocycles. The summed E-state index contributed by atoms with van der Waals surface area (Å²) in [5.41, 5.74) is 5.15. The summed E-state index contributed by atoms with van der Waals surface area (Å²) in [5.74, 6) is 2.13. The Labute approximate surface area is 169 Å². The number of methoxy groups -OCH3 is 2. The molecule has 6 nitrogen and oxygen atoms in total. The van der Waals surface area contributed by atoms with Gasteiger partial charge in [-0.2, -0.15) is 0 Å². The van der Waals surface area contributed by atoms with Gasteiger partial charge in [0.15, 0.2) is 5.78 Å². The normalized spacial score (nSPS) is 12.6. The molecule has 1 N–H and O–H groups in total. The highest BCUT2D eigenvalue weighted by molar-refractivity contribution is 6.11. The van der Waals surface area contributed by atoms with E-state index in [1.165, 1.54) is 0 Å². The minimum absolute atomic E-state index is 0.0104. The van der Waals surface area contributed by atoms with Gasteiger partial charge in [0.25, 0.3) is 0 Å². The maximum absolute atomic E-state index is 13.1. The zero-order valence-corrected chi connectivity index (χ0v) is 16.8. The van der Waals surface area contributed by atoms with Crippen LogP contribution in [0.5, 0.6) is 11.5 Å². The maximum atomic E-state index is 13.1. The molecule has 0 bridgehead atoms. The largest absolute Gasteiger partial charge is 0.497 e. The van der Waals surface area contributed by atoms with Crippen LogP contribution >= 0.6 is 0 Å². The van der Waals surface area contributed by atoms with Crippen LogP contribution in [0.4, 0.5) is 5.82 Å². The van der Waals surface area contributed by atoms with Crippen molar-refractivity contribution in [2.75, 3.05) is 19.5 Å². The van der Waals surface area contributed by atoms with E-state index in [1.54, 1.807) is 20.4 Å². The van der Waals surface area contributed by atoms with Gasteiger partial charge in [-0.25, -0.2) is 4.98 Å². The number of ether oxygens (including phenoxy) is 2. The topological polar surface area (TPSA) is 73.3 Å². The number of anilines is 1. The first-order valence-electron chi connectivity index (χ1n) is 9.53. The lowest BCUT2D eigenvalue weighted by atomic mass is 10.0. The summed E-state index contributed by atoms with van der Waals surface area (Å²) in [7, 11) is 3.25. The first-order valence-corrected chi connectivity index (χ1v) is 9.53. The first kappa shape index (κ1) is 18.9. The summed E-state index contributed by atoms with van der Waals surface area (Å²) in [6.07, 6.45) is 5.10. The predicted molar refractivity (Wildman–Crippen MR) is 111 cm³/mol. The summed E-state index contributed by atoms with van der Waals surface area (Å²) >= 11 is 0. The van der Waals surface area contributed by atoms with Gasteiger partial charge in [0.05, 0.1) is 19.9 Å².